The van der Waals surface area contributed by atoms with E-state index in [1.54, 1.807) is 0 Å². The van der Waals surface area contributed by atoms with Crippen LogP contribution in [0, 0.1) is 0 Å². The maximum atomic E-state index is 13.0. The molecule has 0 rings (SSSR count). The van der Waals surface area contributed by atoms with Gasteiger partial charge in [-0.1, -0.05) is 234 Å². The lowest BCUT2D eigenvalue weighted by Gasteiger charge is -2.28. The number of hydrogen-bond acceptors (Lipinski definition) is 6. The van der Waals surface area contributed by atoms with Crippen molar-refractivity contribution in [1.82, 2.24) is 24.5 Å². The standard InChI is InChI=1S/C31H64N2O.C27H57N3O/c1-4-7-10-13-16-19-22-25-32(26-23-20-17-14-11-8-5-2)28-29-33(30-31-34)27-24-21-18-15-12-9-6-3;1-6-10-12-14-16-18-20-22-29(23-21-19-17-15-13-11-7-2)26-27(31)30(9-4)25-24-28(5)8-3/h31H,4-30H2,1-3H3;6-26H2,1-5H3. The van der Waals surface area contributed by atoms with Crippen LogP contribution in [-0.4, -0.2) is 129 Å². The zero-order valence-electron chi connectivity index (χ0n) is 46.1. The lowest BCUT2D eigenvalue weighted by molar-refractivity contribution is -0.132. The second-order valence-electron chi connectivity index (χ2n) is 20.1. The van der Waals surface area contributed by atoms with Crippen molar-refractivity contribution in [2.45, 2.75) is 273 Å². The summed E-state index contributed by atoms with van der Waals surface area (Å²) >= 11 is 0. The van der Waals surface area contributed by atoms with Crippen LogP contribution < -0.4 is 0 Å². The molecule has 0 aromatic rings. The minimum absolute atomic E-state index is 0.317. The molecule has 65 heavy (non-hydrogen) atoms. The van der Waals surface area contributed by atoms with Gasteiger partial charge in [-0.05, 0) is 85.3 Å². The maximum Gasteiger partial charge on any atom is 0.236 e. The fourth-order valence-electron chi connectivity index (χ4n) is 8.95. The predicted octanol–water partition coefficient (Wildman–Crippen LogP) is 15.6. The average Bonchev–Trinajstić information content (AvgIpc) is 3.31. The SMILES string of the molecule is CCCCCCCCCN(CC=O)CCN(CCCCCCCCC)CCCCCCCCC.CCCCCCCCCN(CCCCCCCCC)CC(=O)N(CC)CCN(C)CC. The molecule has 7 nitrogen and oxygen atoms in total. The first-order valence-electron chi connectivity index (χ1n) is 29.4. The molecule has 0 unspecified atom stereocenters. The predicted molar refractivity (Wildman–Crippen MR) is 291 cm³/mol. The largest absolute Gasteiger partial charge is 0.341 e. The minimum atomic E-state index is 0.317. The molecule has 0 aliphatic rings. The van der Waals surface area contributed by atoms with Crippen molar-refractivity contribution in [3.8, 4) is 0 Å². The molecular formula is C58H121N5O2. The Morgan fingerprint density at radius 3 is 0.923 bits per heavy atom. The number of amides is 1. The normalized spacial score (nSPS) is 11.6. The molecule has 0 aliphatic carbocycles. The fourth-order valence-corrected chi connectivity index (χ4v) is 8.95. The lowest BCUT2D eigenvalue weighted by atomic mass is 10.1. The zero-order valence-corrected chi connectivity index (χ0v) is 46.1. The Balaban J connectivity index is 0. The van der Waals surface area contributed by atoms with Gasteiger partial charge in [-0.2, -0.15) is 0 Å². The Kier molecular flexibility index (Phi) is 56.5. The van der Waals surface area contributed by atoms with E-state index in [9.17, 15) is 9.59 Å². The van der Waals surface area contributed by atoms with Gasteiger partial charge in [0.25, 0.3) is 0 Å². The highest BCUT2D eigenvalue weighted by molar-refractivity contribution is 5.78. The maximum absolute atomic E-state index is 13.0. The Bertz CT molecular complexity index is 885. The van der Waals surface area contributed by atoms with Gasteiger partial charge in [0, 0.05) is 32.7 Å². The molecule has 0 saturated carbocycles. The Hall–Kier alpha value is -1.02. The van der Waals surface area contributed by atoms with Crippen molar-refractivity contribution in [3.63, 3.8) is 0 Å². The molecule has 0 fully saturated rings. The molecule has 1 amide bonds. The van der Waals surface area contributed by atoms with Crippen LogP contribution in [0.15, 0.2) is 0 Å². The van der Waals surface area contributed by atoms with E-state index in [1.807, 2.05) is 0 Å². The summed E-state index contributed by atoms with van der Waals surface area (Å²) < 4.78 is 0. The highest BCUT2D eigenvalue weighted by atomic mass is 16.2. The quantitative estimate of drug-likeness (QED) is 0.0448. The van der Waals surface area contributed by atoms with Crippen molar-refractivity contribution < 1.29 is 9.59 Å². The molecule has 0 atom stereocenters. The first-order chi connectivity index (χ1) is 31.9. The fraction of sp³-hybridized carbons (Fsp3) is 0.966. The summed E-state index contributed by atoms with van der Waals surface area (Å²) in [5.74, 6) is 0.317. The lowest BCUT2D eigenvalue weighted by Crippen LogP contribution is -2.43. The Morgan fingerprint density at radius 2 is 0.615 bits per heavy atom. The van der Waals surface area contributed by atoms with Crippen LogP contribution in [0.4, 0.5) is 0 Å². The molecule has 0 N–H and O–H groups in total. The number of rotatable bonds is 52. The van der Waals surface area contributed by atoms with E-state index in [1.165, 1.54) is 238 Å². The third-order valence-electron chi connectivity index (χ3n) is 13.8. The van der Waals surface area contributed by atoms with Gasteiger partial charge in [0.05, 0.1) is 13.1 Å². The highest BCUT2D eigenvalue weighted by Gasteiger charge is 2.17. The molecule has 0 heterocycles. The van der Waals surface area contributed by atoms with E-state index >= 15 is 0 Å². The van der Waals surface area contributed by atoms with Crippen LogP contribution in [0.1, 0.15) is 273 Å². The van der Waals surface area contributed by atoms with Crippen molar-refractivity contribution in [3.05, 3.63) is 0 Å². The van der Waals surface area contributed by atoms with Crippen molar-refractivity contribution in [2.24, 2.45) is 0 Å². The summed E-state index contributed by atoms with van der Waals surface area (Å²) in [6, 6.07) is 0. The second-order valence-corrected chi connectivity index (χ2v) is 20.1. The van der Waals surface area contributed by atoms with Gasteiger partial charge in [0.15, 0.2) is 0 Å². The summed E-state index contributed by atoms with van der Waals surface area (Å²) in [5.41, 5.74) is 0. The summed E-state index contributed by atoms with van der Waals surface area (Å²) in [5, 5.41) is 0. The van der Waals surface area contributed by atoms with E-state index in [0.29, 0.717) is 19.0 Å². The number of carbonyl (C=O) groups excluding carboxylic acids is 2. The Morgan fingerprint density at radius 1 is 0.323 bits per heavy atom. The van der Waals surface area contributed by atoms with Crippen molar-refractivity contribution in [1.29, 1.82) is 0 Å². The Labute approximate surface area is 410 Å². The summed E-state index contributed by atoms with van der Waals surface area (Å²) in [6.07, 6.45) is 48.6. The molecule has 390 valence electrons. The molecule has 0 aliphatic heterocycles. The van der Waals surface area contributed by atoms with Gasteiger partial charge in [0.1, 0.15) is 6.29 Å². The highest BCUT2D eigenvalue weighted by Crippen LogP contribution is 2.13. The number of hydrogen-bond donors (Lipinski definition) is 0. The van der Waals surface area contributed by atoms with E-state index in [0.717, 1.165) is 65.2 Å². The number of likely N-dealkylation sites (N-methyl/N-ethyl adjacent to an activating group) is 2. The first-order valence-corrected chi connectivity index (χ1v) is 29.4. The summed E-state index contributed by atoms with van der Waals surface area (Å²) in [7, 11) is 2.13. The topological polar surface area (TPSA) is 50.3 Å². The van der Waals surface area contributed by atoms with E-state index in [-0.39, 0.29) is 0 Å². The third-order valence-corrected chi connectivity index (χ3v) is 13.8. The van der Waals surface area contributed by atoms with Gasteiger partial charge in [-0.15, -0.1) is 0 Å². The van der Waals surface area contributed by atoms with Gasteiger partial charge < -0.3 is 19.5 Å². The number of carbonyl (C=O) groups is 2. The minimum Gasteiger partial charge on any atom is -0.341 e. The molecule has 0 bridgehead atoms. The molecule has 0 spiro atoms. The molecule has 0 aromatic carbocycles. The van der Waals surface area contributed by atoms with Crippen LogP contribution in [0.25, 0.3) is 0 Å². The van der Waals surface area contributed by atoms with Crippen molar-refractivity contribution in [2.75, 3.05) is 92.1 Å². The van der Waals surface area contributed by atoms with Crippen LogP contribution in [0.2, 0.25) is 0 Å². The molecule has 0 aromatic heterocycles. The number of aldehydes is 1. The van der Waals surface area contributed by atoms with Gasteiger partial charge >= 0.3 is 0 Å². The molecule has 0 saturated heterocycles. The van der Waals surface area contributed by atoms with Gasteiger partial charge in [-0.25, -0.2) is 0 Å². The van der Waals surface area contributed by atoms with E-state index < -0.39 is 0 Å². The smallest absolute Gasteiger partial charge is 0.236 e. The number of unbranched alkanes of at least 4 members (excludes halogenated alkanes) is 30. The van der Waals surface area contributed by atoms with Crippen LogP contribution in [0.5, 0.6) is 0 Å². The van der Waals surface area contributed by atoms with Crippen LogP contribution in [0.3, 0.4) is 0 Å². The van der Waals surface area contributed by atoms with Crippen LogP contribution >= 0.6 is 0 Å². The second kappa shape index (κ2) is 55.6. The molecular weight excluding hydrogens is 799 g/mol. The van der Waals surface area contributed by atoms with E-state index in [2.05, 4.69) is 80.0 Å². The molecule has 7 heteroatoms. The zero-order chi connectivity index (χ0) is 48.1. The molecule has 0 radical (unpaired) electrons. The van der Waals surface area contributed by atoms with Gasteiger partial charge in [-0.3, -0.25) is 14.6 Å². The third kappa shape index (κ3) is 49.2. The first kappa shape index (κ1) is 66.1. The van der Waals surface area contributed by atoms with Gasteiger partial charge in [0.2, 0.25) is 5.91 Å². The summed E-state index contributed by atoms with van der Waals surface area (Å²) in [4.78, 5) is 36.1. The number of nitrogens with zero attached hydrogens (tertiary/aromatic N) is 5. The van der Waals surface area contributed by atoms with E-state index in [4.69, 9.17) is 0 Å². The average molecular weight is 921 g/mol. The van der Waals surface area contributed by atoms with Crippen LogP contribution in [-0.2, 0) is 9.59 Å². The summed E-state index contributed by atoms with van der Waals surface area (Å²) in [6.45, 7) is 28.5. The van der Waals surface area contributed by atoms with Crippen molar-refractivity contribution >= 4 is 12.2 Å². The monoisotopic (exact) mass is 920 g/mol.